The summed E-state index contributed by atoms with van der Waals surface area (Å²) in [4.78, 5) is 19.1. The third-order valence-electron chi connectivity index (χ3n) is 4.51. The van der Waals surface area contributed by atoms with Crippen molar-refractivity contribution in [3.8, 4) is 0 Å². The highest BCUT2D eigenvalue weighted by molar-refractivity contribution is 5.83. The first-order valence-corrected chi connectivity index (χ1v) is 8.23. The quantitative estimate of drug-likeness (QED) is 0.847. The van der Waals surface area contributed by atoms with Crippen LogP contribution in [0.5, 0.6) is 0 Å². The van der Waals surface area contributed by atoms with Crippen LogP contribution in [0.1, 0.15) is 31.4 Å². The highest BCUT2D eigenvalue weighted by Gasteiger charge is 2.26. The minimum atomic E-state index is 0.102. The Kier molecular flexibility index (Phi) is 4.76. The van der Waals surface area contributed by atoms with E-state index in [-0.39, 0.29) is 18.6 Å². The number of carbonyl (C=O) groups excluding carboxylic acids is 1. The van der Waals surface area contributed by atoms with Crippen molar-refractivity contribution in [3.63, 3.8) is 0 Å². The van der Waals surface area contributed by atoms with Crippen LogP contribution in [0.25, 0.3) is 10.9 Å². The van der Waals surface area contributed by atoms with Crippen molar-refractivity contribution in [2.75, 3.05) is 18.9 Å². The van der Waals surface area contributed by atoms with Crippen LogP contribution in [0.3, 0.4) is 0 Å². The van der Waals surface area contributed by atoms with E-state index < -0.39 is 0 Å². The number of rotatable bonds is 4. The summed E-state index contributed by atoms with van der Waals surface area (Å²) in [5, 5.41) is 10.2. The Hall–Kier alpha value is -2.14. The average Bonchev–Trinajstić information content (AvgIpc) is 2.56. The van der Waals surface area contributed by atoms with E-state index in [9.17, 15) is 9.90 Å². The van der Waals surface area contributed by atoms with Crippen LogP contribution in [0.4, 0.5) is 5.69 Å². The molecule has 3 N–H and O–H groups in total. The van der Waals surface area contributed by atoms with Crippen molar-refractivity contribution >= 4 is 22.5 Å². The van der Waals surface area contributed by atoms with Gasteiger partial charge in [0, 0.05) is 30.3 Å². The second kappa shape index (κ2) is 6.96. The fraction of sp³-hybridized carbons (Fsp3) is 0.444. The Morgan fingerprint density at radius 2 is 2.17 bits per heavy atom. The highest BCUT2D eigenvalue weighted by atomic mass is 16.3. The summed E-state index contributed by atoms with van der Waals surface area (Å²) in [6, 6.07) is 9.61. The van der Waals surface area contributed by atoms with Gasteiger partial charge in [0.1, 0.15) is 0 Å². The fourth-order valence-electron chi connectivity index (χ4n) is 3.32. The number of nitrogen functional groups attached to an aromatic ring is 1. The molecule has 23 heavy (non-hydrogen) atoms. The topological polar surface area (TPSA) is 79.5 Å². The number of fused-ring (bicyclic) bond motifs is 1. The molecule has 1 unspecified atom stereocenters. The van der Waals surface area contributed by atoms with Crippen LogP contribution in [0.2, 0.25) is 0 Å². The zero-order chi connectivity index (χ0) is 16.2. The van der Waals surface area contributed by atoms with Crippen molar-refractivity contribution in [2.45, 2.75) is 38.1 Å². The first-order valence-electron chi connectivity index (χ1n) is 8.23. The number of anilines is 1. The lowest BCUT2D eigenvalue weighted by Gasteiger charge is -2.35. The Balaban J connectivity index is 1.75. The van der Waals surface area contributed by atoms with Gasteiger partial charge in [-0.2, -0.15) is 0 Å². The first kappa shape index (κ1) is 15.7. The largest absolute Gasteiger partial charge is 0.399 e. The average molecular weight is 313 g/mol. The number of pyridine rings is 1. The van der Waals surface area contributed by atoms with E-state index in [0.717, 1.165) is 42.4 Å². The van der Waals surface area contributed by atoms with Crippen LogP contribution in [0.15, 0.2) is 30.3 Å². The molecule has 1 aromatic heterocycles. The highest BCUT2D eigenvalue weighted by Crippen LogP contribution is 2.21. The summed E-state index contributed by atoms with van der Waals surface area (Å²) in [7, 11) is 0. The van der Waals surface area contributed by atoms with Gasteiger partial charge in [-0.1, -0.05) is 6.07 Å². The molecule has 1 saturated heterocycles. The first-order chi connectivity index (χ1) is 11.2. The number of aromatic nitrogens is 1. The molecule has 1 amide bonds. The predicted molar refractivity (Wildman–Crippen MR) is 90.9 cm³/mol. The summed E-state index contributed by atoms with van der Waals surface area (Å²) >= 11 is 0. The molecule has 2 heterocycles. The number of hydrogen-bond donors (Lipinski definition) is 2. The molecule has 1 aliphatic rings. The molecule has 1 fully saturated rings. The van der Waals surface area contributed by atoms with E-state index in [1.807, 2.05) is 35.2 Å². The fourth-order valence-corrected chi connectivity index (χ4v) is 3.32. The number of likely N-dealkylation sites (tertiary alicyclic amines) is 1. The molecule has 5 nitrogen and oxygen atoms in total. The number of carbonyl (C=O) groups is 1. The minimum absolute atomic E-state index is 0.102. The lowest BCUT2D eigenvalue weighted by Crippen LogP contribution is -2.44. The molecule has 0 bridgehead atoms. The summed E-state index contributed by atoms with van der Waals surface area (Å²) < 4.78 is 0. The van der Waals surface area contributed by atoms with E-state index in [1.165, 1.54) is 0 Å². The Morgan fingerprint density at radius 1 is 1.30 bits per heavy atom. The maximum Gasteiger partial charge on any atom is 0.228 e. The van der Waals surface area contributed by atoms with Crippen LogP contribution in [-0.2, 0) is 11.2 Å². The molecule has 0 aliphatic carbocycles. The maximum absolute atomic E-state index is 12.6. The van der Waals surface area contributed by atoms with E-state index >= 15 is 0 Å². The third kappa shape index (κ3) is 3.62. The molecule has 3 rings (SSSR count). The van der Waals surface area contributed by atoms with Crippen LogP contribution < -0.4 is 5.73 Å². The van der Waals surface area contributed by atoms with Crippen molar-refractivity contribution in [1.29, 1.82) is 0 Å². The second-order valence-corrected chi connectivity index (χ2v) is 6.18. The van der Waals surface area contributed by atoms with Crippen LogP contribution in [0, 0.1) is 0 Å². The lowest BCUT2D eigenvalue weighted by atomic mass is 9.99. The summed E-state index contributed by atoms with van der Waals surface area (Å²) in [5.74, 6) is 0.102. The van der Waals surface area contributed by atoms with Gasteiger partial charge in [-0.3, -0.25) is 9.78 Å². The molecule has 0 saturated carbocycles. The Morgan fingerprint density at radius 3 is 3.00 bits per heavy atom. The molecule has 1 aliphatic heterocycles. The van der Waals surface area contributed by atoms with Crippen molar-refractivity contribution in [2.24, 2.45) is 0 Å². The molecule has 0 radical (unpaired) electrons. The van der Waals surface area contributed by atoms with Crippen LogP contribution >= 0.6 is 0 Å². The monoisotopic (exact) mass is 313 g/mol. The lowest BCUT2D eigenvalue weighted by molar-refractivity contribution is -0.134. The number of benzene rings is 1. The van der Waals surface area contributed by atoms with E-state index in [1.54, 1.807) is 0 Å². The zero-order valence-corrected chi connectivity index (χ0v) is 13.2. The standard InChI is InChI=1S/C18H23N3O2/c19-14-5-7-17-13(11-14)4-6-15(20-17)12-18(23)21-9-2-1-3-16(21)8-10-22/h4-7,11,16,22H,1-3,8-10,12,19H2. The number of nitrogens with two attached hydrogens (primary N) is 1. The zero-order valence-electron chi connectivity index (χ0n) is 13.2. The van der Waals surface area contributed by atoms with Crippen molar-refractivity contribution in [1.82, 2.24) is 9.88 Å². The summed E-state index contributed by atoms with van der Waals surface area (Å²) in [5.41, 5.74) is 8.12. The van der Waals surface area contributed by atoms with Crippen molar-refractivity contribution < 1.29 is 9.90 Å². The third-order valence-corrected chi connectivity index (χ3v) is 4.51. The number of aliphatic hydroxyl groups excluding tert-OH is 1. The van der Waals surface area contributed by atoms with Crippen molar-refractivity contribution in [3.05, 3.63) is 36.0 Å². The summed E-state index contributed by atoms with van der Waals surface area (Å²) in [6.07, 6.45) is 4.12. The van der Waals surface area contributed by atoms with Gasteiger partial charge in [-0.05, 0) is 49.9 Å². The molecule has 0 spiro atoms. The molecular weight excluding hydrogens is 290 g/mol. The maximum atomic E-state index is 12.6. The van der Waals surface area contributed by atoms with Gasteiger partial charge in [0.25, 0.3) is 0 Å². The number of hydrogen-bond acceptors (Lipinski definition) is 4. The van der Waals surface area contributed by atoms with Gasteiger partial charge in [0.2, 0.25) is 5.91 Å². The Labute approximate surface area is 136 Å². The number of amides is 1. The predicted octanol–water partition coefficient (Wildman–Crippen LogP) is 2.12. The normalized spacial score (nSPS) is 18.3. The minimum Gasteiger partial charge on any atom is -0.399 e. The Bertz CT molecular complexity index is 700. The SMILES string of the molecule is Nc1ccc2nc(CC(=O)N3CCCCC3CCO)ccc2c1. The molecular formula is C18H23N3O2. The number of piperidine rings is 1. The second-order valence-electron chi connectivity index (χ2n) is 6.18. The molecule has 5 heteroatoms. The number of aliphatic hydroxyl groups is 1. The van der Waals surface area contributed by atoms with Gasteiger partial charge in [0.05, 0.1) is 17.6 Å². The van der Waals surface area contributed by atoms with Gasteiger partial charge in [-0.15, -0.1) is 0 Å². The number of nitrogens with zero attached hydrogens (tertiary/aromatic N) is 2. The molecule has 2 aromatic rings. The van der Waals surface area contributed by atoms with Gasteiger partial charge < -0.3 is 15.7 Å². The molecule has 1 atom stereocenters. The summed E-state index contributed by atoms with van der Waals surface area (Å²) in [6.45, 7) is 0.914. The smallest absolute Gasteiger partial charge is 0.228 e. The van der Waals surface area contributed by atoms with E-state index in [4.69, 9.17) is 5.73 Å². The van der Waals surface area contributed by atoms with E-state index in [0.29, 0.717) is 18.5 Å². The van der Waals surface area contributed by atoms with E-state index in [2.05, 4.69) is 4.98 Å². The molecule has 122 valence electrons. The van der Waals surface area contributed by atoms with Crippen LogP contribution in [-0.4, -0.2) is 40.1 Å². The van der Waals surface area contributed by atoms with Gasteiger partial charge in [0.15, 0.2) is 0 Å². The van der Waals surface area contributed by atoms with Gasteiger partial charge >= 0.3 is 0 Å². The van der Waals surface area contributed by atoms with Gasteiger partial charge in [-0.25, -0.2) is 0 Å². The molecule has 1 aromatic carbocycles.